The number of hydrogen-bond acceptors (Lipinski definition) is 2. The minimum Gasteiger partial charge on any atom is -0.375 e. The van der Waals surface area contributed by atoms with E-state index in [0.717, 1.165) is 17.3 Å². The lowest BCUT2D eigenvalue weighted by molar-refractivity contribution is -0.106. The van der Waals surface area contributed by atoms with Crippen LogP contribution in [0.3, 0.4) is 0 Å². The summed E-state index contributed by atoms with van der Waals surface area (Å²) < 4.78 is 12.8. The molecule has 1 aliphatic heterocycles. The number of benzene rings is 1. The number of hydrogen-bond donors (Lipinski definition) is 0. The van der Waals surface area contributed by atoms with Crippen LogP contribution in [-0.4, -0.2) is 18.3 Å². The van der Waals surface area contributed by atoms with Crippen molar-refractivity contribution in [3.8, 4) is 0 Å². The summed E-state index contributed by atoms with van der Waals surface area (Å²) in [6.45, 7) is 4.90. The van der Waals surface area contributed by atoms with Crippen molar-refractivity contribution in [1.82, 2.24) is 0 Å². The summed E-state index contributed by atoms with van der Waals surface area (Å²) in [5.41, 5.74) is 1.21. The average Bonchev–Trinajstić information content (AvgIpc) is 2.27. The Hall–Kier alpha value is -0.380. The first-order chi connectivity index (χ1) is 8.15. The Bertz CT molecular complexity index is 357. The number of ether oxygens (including phenoxy) is 2. The SMILES string of the molecule is CC1CC(OCc2ccccc2Br)CC(C)O1. The van der Waals surface area contributed by atoms with Gasteiger partial charge in [0.1, 0.15) is 0 Å². The molecule has 2 rings (SSSR count). The molecule has 17 heavy (non-hydrogen) atoms. The molecule has 0 radical (unpaired) electrons. The van der Waals surface area contributed by atoms with Crippen molar-refractivity contribution in [2.75, 3.05) is 0 Å². The molecule has 1 aromatic rings. The van der Waals surface area contributed by atoms with Crippen molar-refractivity contribution in [3.63, 3.8) is 0 Å². The van der Waals surface area contributed by atoms with Gasteiger partial charge in [-0.25, -0.2) is 0 Å². The van der Waals surface area contributed by atoms with Crippen LogP contribution < -0.4 is 0 Å². The molecule has 2 atom stereocenters. The molecule has 1 aromatic carbocycles. The predicted octanol–water partition coefficient (Wildman–Crippen LogP) is 3.92. The van der Waals surface area contributed by atoms with Gasteiger partial charge in [0.05, 0.1) is 24.9 Å². The lowest BCUT2D eigenvalue weighted by Crippen LogP contribution is -2.34. The van der Waals surface area contributed by atoms with Gasteiger partial charge in [0.2, 0.25) is 0 Å². The van der Waals surface area contributed by atoms with E-state index in [1.54, 1.807) is 0 Å². The van der Waals surface area contributed by atoms with Gasteiger partial charge in [-0.05, 0) is 38.3 Å². The summed E-state index contributed by atoms with van der Waals surface area (Å²) in [5.74, 6) is 0. The lowest BCUT2D eigenvalue weighted by Gasteiger charge is -2.32. The maximum absolute atomic E-state index is 5.98. The average molecular weight is 299 g/mol. The largest absolute Gasteiger partial charge is 0.375 e. The van der Waals surface area contributed by atoms with Crippen LogP contribution in [0.15, 0.2) is 28.7 Å². The second kappa shape index (κ2) is 5.98. The van der Waals surface area contributed by atoms with Crippen LogP contribution in [0.4, 0.5) is 0 Å². The van der Waals surface area contributed by atoms with Gasteiger partial charge in [0.15, 0.2) is 0 Å². The standard InChI is InChI=1S/C14H19BrO2/c1-10-7-13(8-11(2)17-10)16-9-12-5-3-4-6-14(12)15/h3-6,10-11,13H,7-9H2,1-2H3. The molecule has 2 nitrogen and oxygen atoms in total. The second-order valence-corrected chi connectivity index (χ2v) is 5.61. The Morgan fingerprint density at radius 2 is 1.88 bits per heavy atom. The van der Waals surface area contributed by atoms with Crippen molar-refractivity contribution >= 4 is 15.9 Å². The zero-order valence-electron chi connectivity index (χ0n) is 10.4. The first-order valence-electron chi connectivity index (χ1n) is 6.15. The van der Waals surface area contributed by atoms with E-state index < -0.39 is 0 Å². The minimum absolute atomic E-state index is 0.308. The quantitative estimate of drug-likeness (QED) is 0.842. The molecular formula is C14H19BrO2. The summed E-state index contributed by atoms with van der Waals surface area (Å²) in [4.78, 5) is 0. The zero-order chi connectivity index (χ0) is 12.3. The van der Waals surface area contributed by atoms with Crippen molar-refractivity contribution < 1.29 is 9.47 Å². The van der Waals surface area contributed by atoms with Crippen molar-refractivity contribution in [2.24, 2.45) is 0 Å². The van der Waals surface area contributed by atoms with Crippen LogP contribution in [0.2, 0.25) is 0 Å². The molecule has 0 spiro atoms. The van der Waals surface area contributed by atoms with Gasteiger partial charge in [-0.1, -0.05) is 34.1 Å². The fourth-order valence-corrected chi connectivity index (χ4v) is 2.70. The first-order valence-corrected chi connectivity index (χ1v) is 6.95. The monoisotopic (exact) mass is 298 g/mol. The molecule has 0 aromatic heterocycles. The Labute approximate surface area is 111 Å². The van der Waals surface area contributed by atoms with Gasteiger partial charge in [-0.2, -0.15) is 0 Å². The molecule has 1 aliphatic rings. The molecule has 1 heterocycles. The Morgan fingerprint density at radius 1 is 1.24 bits per heavy atom. The summed E-state index contributed by atoms with van der Waals surface area (Å²) in [6, 6.07) is 8.20. The molecule has 1 saturated heterocycles. The van der Waals surface area contributed by atoms with Gasteiger partial charge >= 0.3 is 0 Å². The third-order valence-electron chi connectivity index (χ3n) is 3.09. The summed E-state index contributed by atoms with van der Waals surface area (Å²) >= 11 is 3.54. The van der Waals surface area contributed by atoms with E-state index in [4.69, 9.17) is 9.47 Å². The van der Waals surface area contributed by atoms with E-state index in [-0.39, 0.29) is 0 Å². The van der Waals surface area contributed by atoms with E-state index in [9.17, 15) is 0 Å². The second-order valence-electron chi connectivity index (χ2n) is 4.75. The highest BCUT2D eigenvalue weighted by molar-refractivity contribution is 9.10. The van der Waals surface area contributed by atoms with E-state index >= 15 is 0 Å². The number of halogens is 1. The lowest BCUT2D eigenvalue weighted by atomic mass is 10.0. The highest BCUT2D eigenvalue weighted by atomic mass is 79.9. The van der Waals surface area contributed by atoms with Crippen molar-refractivity contribution in [3.05, 3.63) is 34.3 Å². The molecule has 0 bridgehead atoms. The molecule has 0 aliphatic carbocycles. The van der Waals surface area contributed by atoms with E-state index in [0.29, 0.717) is 24.9 Å². The van der Waals surface area contributed by atoms with Gasteiger partial charge in [-0.3, -0.25) is 0 Å². The smallest absolute Gasteiger partial charge is 0.0731 e. The first kappa shape index (κ1) is 13.1. The van der Waals surface area contributed by atoms with Crippen molar-refractivity contribution in [2.45, 2.75) is 51.6 Å². The Balaban J connectivity index is 1.88. The van der Waals surface area contributed by atoms with Gasteiger partial charge in [-0.15, -0.1) is 0 Å². The fraction of sp³-hybridized carbons (Fsp3) is 0.571. The van der Waals surface area contributed by atoms with Crippen LogP contribution >= 0.6 is 15.9 Å². The van der Waals surface area contributed by atoms with Crippen LogP contribution in [0.5, 0.6) is 0 Å². The van der Waals surface area contributed by atoms with Crippen LogP contribution in [-0.2, 0) is 16.1 Å². The molecular weight excluding hydrogens is 280 g/mol. The van der Waals surface area contributed by atoms with Crippen molar-refractivity contribution in [1.29, 1.82) is 0 Å². The molecule has 1 fully saturated rings. The third kappa shape index (κ3) is 3.80. The molecule has 2 unspecified atom stereocenters. The van der Waals surface area contributed by atoms with E-state index in [1.807, 2.05) is 18.2 Å². The molecule has 3 heteroatoms. The Kier molecular flexibility index (Phi) is 4.60. The van der Waals surface area contributed by atoms with Gasteiger partial charge < -0.3 is 9.47 Å². The van der Waals surface area contributed by atoms with Crippen LogP contribution in [0.25, 0.3) is 0 Å². The Morgan fingerprint density at radius 3 is 2.53 bits per heavy atom. The summed E-state index contributed by atoms with van der Waals surface area (Å²) in [6.07, 6.45) is 2.93. The van der Waals surface area contributed by atoms with Crippen LogP contribution in [0.1, 0.15) is 32.3 Å². The summed E-state index contributed by atoms with van der Waals surface area (Å²) in [5, 5.41) is 0. The normalized spacial score (nSPS) is 29.2. The maximum Gasteiger partial charge on any atom is 0.0731 e. The third-order valence-corrected chi connectivity index (χ3v) is 3.86. The topological polar surface area (TPSA) is 18.5 Å². The highest BCUT2D eigenvalue weighted by Gasteiger charge is 2.24. The fourth-order valence-electron chi connectivity index (χ4n) is 2.30. The highest BCUT2D eigenvalue weighted by Crippen LogP contribution is 2.24. The van der Waals surface area contributed by atoms with Crippen LogP contribution in [0, 0.1) is 0 Å². The molecule has 0 saturated carbocycles. The van der Waals surface area contributed by atoms with E-state index in [1.165, 1.54) is 5.56 Å². The van der Waals surface area contributed by atoms with E-state index in [2.05, 4.69) is 35.8 Å². The predicted molar refractivity (Wildman–Crippen MR) is 72.0 cm³/mol. The number of rotatable bonds is 3. The molecule has 0 N–H and O–H groups in total. The molecule has 94 valence electrons. The summed E-state index contributed by atoms with van der Waals surface area (Å²) in [7, 11) is 0. The molecule has 0 amide bonds. The maximum atomic E-state index is 5.98. The zero-order valence-corrected chi connectivity index (χ0v) is 11.9. The van der Waals surface area contributed by atoms with Gasteiger partial charge in [0, 0.05) is 4.47 Å². The minimum atomic E-state index is 0.308. The van der Waals surface area contributed by atoms with Gasteiger partial charge in [0.25, 0.3) is 0 Å².